The van der Waals surface area contributed by atoms with Crippen LogP contribution in [0.4, 0.5) is 8.78 Å². The predicted octanol–water partition coefficient (Wildman–Crippen LogP) is 1.08. The molecule has 1 aliphatic heterocycles. The lowest BCUT2D eigenvalue weighted by atomic mass is 9.84. The van der Waals surface area contributed by atoms with E-state index in [1.807, 2.05) is 25.9 Å². The highest BCUT2D eigenvalue weighted by Crippen LogP contribution is 2.26. The number of nitrogens with one attached hydrogen (secondary N) is 2. The molecule has 2 N–H and O–H groups in total. The van der Waals surface area contributed by atoms with Crippen molar-refractivity contribution in [3.05, 3.63) is 0 Å². The summed E-state index contributed by atoms with van der Waals surface area (Å²) in [7, 11) is 3.94. The maximum atomic E-state index is 13.0. The normalized spacial score (nSPS) is 24.5. The molecule has 0 aromatic carbocycles. The summed E-state index contributed by atoms with van der Waals surface area (Å²) in [5.74, 6) is -3.11. The van der Waals surface area contributed by atoms with E-state index >= 15 is 0 Å². The molecule has 112 valence electrons. The number of alkyl halides is 2. The number of rotatable bonds is 5. The molecule has 0 saturated carbocycles. The van der Waals surface area contributed by atoms with E-state index in [0.29, 0.717) is 0 Å². The Bertz CT molecular complexity index is 332. The Morgan fingerprint density at radius 1 is 1.53 bits per heavy atom. The molecule has 1 fully saturated rings. The molecule has 1 heterocycles. The summed E-state index contributed by atoms with van der Waals surface area (Å²) in [4.78, 5) is 14.0. The molecule has 0 aromatic rings. The highest BCUT2D eigenvalue weighted by molar-refractivity contribution is 5.82. The standard InChI is InChI=1S/C13H25F2N3O/c1-9(12(2,3)8-18(4)5)17-11(19)10-6-13(14,15)7-16-10/h9-10,16H,6-8H2,1-5H3,(H,17,19). The van der Waals surface area contributed by atoms with Crippen molar-refractivity contribution in [1.29, 1.82) is 0 Å². The van der Waals surface area contributed by atoms with Gasteiger partial charge >= 0.3 is 0 Å². The minimum atomic E-state index is -2.77. The molecular weight excluding hydrogens is 252 g/mol. The number of carbonyl (C=O) groups is 1. The third-order valence-electron chi connectivity index (χ3n) is 3.68. The minimum absolute atomic E-state index is 0.0848. The Morgan fingerprint density at radius 2 is 2.11 bits per heavy atom. The van der Waals surface area contributed by atoms with E-state index in [1.54, 1.807) is 0 Å². The average molecular weight is 277 g/mol. The van der Waals surface area contributed by atoms with Crippen LogP contribution >= 0.6 is 0 Å². The van der Waals surface area contributed by atoms with Gasteiger partial charge in [0.2, 0.25) is 5.91 Å². The Hall–Kier alpha value is -0.750. The van der Waals surface area contributed by atoms with E-state index in [9.17, 15) is 13.6 Å². The van der Waals surface area contributed by atoms with Crippen LogP contribution in [0, 0.1) is 5.41 Å². The Balaban J connectivity index is 2.53. The van der Waals surface area contributed by atoms with Gasteiger partial charge in [-0.25, -0.2) is 8.78 Å². The molecule has 2 atom stereocenters. The second kappa shape index (κ2) is 5.71. The third-order valence-corrected chi connectivity index (χ3v) is 3.68. The Labute approximate surface area is 113 Å². The van der Waals surface area contributed by atoms with Crippen molar-refractivity contribution in [2.75, 3.05) is 27.2 Å². The van der Waals surface area contributed by atoms with Crippen LogP contribution in [-0.2, 0) is 4.79 Å². The van der Waals surface area contributed by atoms with Crippen LogP contribution in [0.25, 0.3) is 0 Å². The summed E-state index contributed by atoms with van der Waals surface area (Å²) in [6, 6.07) is -0.869. The van der Waals surface area contributed by atoms with Crippen molar-refractivity contribution < 1.29 is 13.6 Å². The van der Waals surface area contributed by atoms with Gasteiger partial charge in [0.1, 0.15) is 0 Å². The molecule has 1 rings (SSSR count). The van der Waals surface area contributed by atoms with E-state index in [1.165, 1.54) is 0 Å². The quantitative estimate of drug-likeness (QED) is 0.790. The molecule has 0 bridgehead atoms. The number of carbonyl (C=O) groups excluding carboxylic acids is 1. The van der Waals surface area contributed by atoms with Gasteiger partial charge in [-0.3, -0.25) is 10.1 Å². The number of nitrogens with zero attached hydrogens (tertiary/aromatic N) is 1. The molecule has 2 unspecified atom stereocenters. The van der Waals surface area contributed by atoms with Crippen LogP contribution in [-0.4, -0.2) is 56.0 Å². The summed E-state index contributed by atoms with van der Waals surface area (Å²) in [5.41, 5.74) is -0.125. The lowest BCUT2D eigenvalue weighted by Gasteiger charge is -2.35. The molecule has 1 saturated heterocycles. The highest BCUT2D eigenvalue weighted by atomic mass is 19.3. The van der Waals surface area contributed by atoms with Crippen molar-refractivity contribution in [2.45, 2.75) is 45.2 Å². The number of hydrogen-bond donors (Lipinski definition) is 2. The van der Waals surface area contributed by atoms with Gasteiger partial charge in [0.25, 0.3) is 5.92 Å². The topological polar surface area (TPSA) is 44.4 Å². The Morgan fingerprint density at radius 3 is 2.53 bits per heavy atom. The number of hydrogen-bond acceptors (Lipinski definition) is 3. The summed E-state index contributed by atoms with van der Waals surface area (Å²) in [6.07, 6.45) is -0.417. The van der Waals surface area contributed by atoms with Crippen molar-refractivity contribution in [3.63, 3.8) is 0 Å². The zero-order valence-corrected chi connectivity index (χ0v) is 12.4. The van der Waals surface area contributed by atoms with Gasteiger partial charge in [0.05, 0.1) is 12.6 Å². The first kappa shape index (κ1) is 16.3. The fraction of sp³-hybridized carbons (Fsp3) is 0.923. The zero-order valence-electron chi connectivity index (χ0n) is 12.4. The van der Waals surface area contributed by atoms with Crippen LogP contribution in [0.3, 0.4) is 0 Å². The Kier molecular flexibility index (Phi) is 4.90. The van der Waals surface area contributed by atoms with Crippen molar-refractivity contribution in [1.82, 2.24) is 15.5 Å². The maximum Gasteiger partial charge on any atom is 0.262 e. The largest absolute Gasteiger partial charge is 0.352 e. The smallest absolute Gasteiger partial charge is 0.262 e. The summed E-state index contributed by atoms with van der Waals surface area (Å²) < 4.78 is 26.1. The summed E-state index contributed by atoms with van der Waals surface area (Å²) in [5, 5.41) is 5.42. The number of halogens is 2. The third kappa shape index (κ3) is 4.69. The SMILES string of the molecule is CC(NC(=O)C1CC(F)(F)CN1)C(C)(C)CN(C)C. The van der Waals surface area contributed by atoms with E-state index in [0.717, 1.165) is 6.54 Å². The van der Waals surface area contributed by atoms with E-state index < -0.39 is 24.9 Å². The van der Waals surface area contributed by atoms with Crippen molar-refractivity contribution in [2.24, 2.45) is 5.41 Å². The fourth-order valence-electron chi connectivity index (χ4n) is 2.36. The first-order valence-electron chi connectivity index (χ1n) is 6.60. The van der Waals surface area contributed by atoms with Gasteiger partial charge in [-0.1, -0.05) is 13.8 Å². The predicted molar refractivity (Wildman–Crippen MR) is 71.3 cm³/mol. The van der Waals surface area contributed by atoms with Gasteiger partial charge in [-0.15, -0.1) is 0 Å². The second-order valence-electron chi connectivity index (χ2n) is 6.45. The molecule has 0 spiro atoms. The number of amides is 1. The second-order valence-corrected chi connectivity index (χ2v) is 6.45. The van der Waals surface area contributed by atoms with Crippen molar-refractivity contribution >= 4 is 5.91 Å². The molecule has 4 nitrogen and oxygen atoms in total. The molecule has 6 heteroatoms. The molecule has 1 amide bonds. The lowest BCUT2D eigenvalue weighted by Crippen LogP contribution is -2.51. The van der Waals surface area contributed by atoms with Crippen LogP contribution in [0.5, 0.6) is 0 Å². The summed E-state index contributed by atoms with van der Waals surface area (Å²) in [6.45, 7) is 6.40. The zero-order chi connectivity index (χ0) is 14.8. The van der Waals surface area contributed by atoms with Crippen LogP contribution in [0.15, 0.2) is 0 Å². The summed E-state index contributed by atoms with van der Waals surface area (Å²) >= 11 is 0. The van der Waals surface area contributed by atoms with E-state index in [-0.39, 0.29) is 17.4 Å². The molecular formula is C13H25F2N3O. The minimum Gasteiger partial charge on any atom is -0.352 e. The fourth-order valence-corrected chi connectivity index (χ4v) is 2.36. The van der Waals surface area contributed by atoms with E-state index in [2.05, 4.69) is 24.5 Å². The van der Waals surface area contributed by atoms with Gasteiger partial charge in [-0.05, 0) is 26.4 Å². The first-order valence-corrected chi connectivity index (χ1v) is 6.60. The highest BCUT2D eigenvalue weighted by Gasteiger charge is 2.43. The molecule has 1 aliphatic rings. The van der Waals surface area contributed by atoms with Gasteiger partial charge in [0, 0.05) is 19.0 Å². The molecule has 0 aliphatic carbocycles. The van der Waals surface area contributed by atoms with Crippen LogP contribution < -0.4 is 10.6 Å². The molecule has 19 heavy (non-hydrogen) atoms. The van der Waals surface area contributed by atoms with Gasteiger partial charge in [-0.2, -0.15) is 0 Å². The monoisotopic (exact) mass is 277 g/mol. The molecule has 0 radical (unpaired) electrons. The maximum absolute atomic E-state index is 13.0. The van der Waals surface area contributed by atoms with Crippen LogP contribution in [0.1, 0.15) is 27.2 Å². The average Bonchev–Trinajstić information content (AvgIpc) is 2.56. The first-order chi connectivity index (χ1) is 8.53. The van der Waals surface area contributed by atoms with Crippen molar-refractivity contribution in [3.8, 4) is 0 Å². The van der Waals surface area contributed by atoms with Gasteiger partial charge < -0.3 is 10.2 Å². The lowest BCUT2D eigenvalue weighted by molar-refractivity contribution is -0.124. The molecule has 0 aromatic heterocycles. The van der Waals surface area contributed by atoms with Gasteiger partial charge in [0.15, 0.2) is 0 Å². The van der Waals surface area contributed by atoms with Crippen LogP contribution in [0.2, 0.25) is 0 Å². The van der Waals surface area contributed by atoms with E-state index in [4.69, 9.17) is 0 Å².